The number of nitrogens with zero attached hydrogens (tertiary/aromatic N) is 1. The van der Waals surface area contributed by atoms with Gasteiger partial charge in [0, 0.05) is 12.5 Å². The average Bonchev–Trinajstić information content (AvgIpc) is 3.05. The molecule has 1 aromatic rings. The van der Waals surface area contributed by atoms with E-state index < -0.39 is 5.41 Å². The number of ether oxygens (including phenoxy) is 1. The van der Waals surface area contributed by atoms with Crippen LogP contribution in [0.5, 0.6) is 5.75 Å². The van der Waals surface area contributed by atoms with E-state index in [0.717, 1.165) is 17.7 Å². The van der Waals surface area contributed by atoms with Gasteiger partial charge >= 0.3 is 0 Å². The fourth-order valence-corrected chi connectivity index (χ4v) is 2.12. The van der Waals surface area contributed by atoms with Gasteiger partial charge in [-0.1, -0.05) is 12.1 Å². The van der Waals surface area contributed by atoms with Crippen LogP contribution in [0.25, 0.3) is 0 Å². The topological polar surface area (TPSA) is 53.2 Å². The molecule has 16 heavy (non-hydrogen) atoms. The second-order valence-electron chi connectivity index (χ2n) is 4.12. The van der Waals surface area contributed by atoms with Gasteiger partial charge in [0.15, 0.2) is 0 Å². The molecule has 84 valence electrons. The van der Waals surface area contributed by atoms with Gasteiger partial charge in [-0.25, -0.2) is 0 Å². The van der Waals surface area contributed by atoms with Gasteiger partial charge in [-0.3, -0.25) is 0 Å². The molecular weight excluding hydrogens is 202 g/mol. The molecule has 0 radical (unpaired) electrons. The van der Waals surface area contributed by atoms with Crippen molar-refractivity contribution >= 4 is 0 Å². The zero-order valence-electron chi connectivity index (χ0n) is 9.31. The highest BCUT2D eigenvalue weighted by Crippen LogP contribution is 2.53. The van der Waals surface area contributed by atoms with E-state index in [1.165, 1.54) is 0 Å². The third-order valence-corrected chi connectivity index (χ3v) is 3.21. The molecule has 1 aromatic carbocycles. The van der Waals surface area contributed by atoms with Crippen molar-refractivity contribution in [2.75, 3.05) is 13.2 Å². The van der Waals surface area contributed by atoms with Crippen LogP contribution < -0.4 is 4.74 Å². The Balaban J connectivity index is 2.19. The van der Waals surface area contributed by atoms with E-state index in [1.807, 2.05) is 31.2 Å². The van der Waals surface area contributed by atoms with Crippen molar-refractivity contribution in [1.82, 2.24) is 0 Å². The Labute approximate surface area is 95.3 Å². The highest BCUT2D eigenvalue weighted by atomic mass is 16.5. The van der Waals surface area contributed by atoms with Gasteiger partial charge in [0.1, 0.15) is 5.75 Å². The number of hydrogen-bond donors (Lipinski definition) is 1. The summed E-state index contributed by atoms with van der Waals surface area (Å²) >= 11 is 0. The molecule has 1 saturated carbocycles. The molecule has 2 rings (SSSR count). The Morgan fingerprint density at radius 2 is 2.19 bits per heavy atom. The lowest BCUT2D eigenvalue weighted by Gasteiger charge is -2.09. The second kappa shape index (κ2) is 4.15. The second-order valence-corrected chi connectivity index (χ2v) is 4.12. The molecule has 1 aliphatic carbocycles. The molecule has 0 heterocycles. The van der Waals surface area contributed by atoms with Gasteiger partial charge < -0.3 is 9.84 Å². The van der Waals surface area contributed by atoms with Crippen LogP contribution >= 0.6 is 0 Å². The molecule has 2 atom stereocenters. The summed E-state index contributed by atoms with van der Waals surface area (Å²) in [5.41, 5.74) is 0.525. The van der Waals surface area contributed by atoms with Gasteiger partial charge in [0.2, 0.25) is 0 Å². The molecule has 0 spiro atoms. The van der Waals surface area contributed by atoms with E-state index in [-0.39, 0.29) is 12.5 Å². The Hall–Kier alpha value is -1.53. The average molecular weight is 217 g/mol. The maximum absolute atomic E-state index is 9.19. The third kappa shape index (κ3) is 1.66. The molecule has 0 amide bonds. The number of hydrogen-bond acceptors (Lipinski definition) is 3. The molecule has 0 bridgehead atoms. The van der Waals surface area contributed by atoms with Crippen LogP contribution in [0.4, 0.5) is 0 Å². The largest absolute Gasteiger partial charge is 0.494 e. The Morgan fingerprint density at radius 3 is 2.62 bits per heavy atom. The SMILES string of the molecule is CCOc1ccc(C2(C#N)CC2CO)cc1. The molecule has 3 heteroatoms. The van der Waals surface area contributed by atoms with Crippen LogP contribution in [-0.4, -0.2) is 18.3 Å². The molecule has 0 aromatic heterocycles. The van der Waals surface area contributed by atoms with Crippen LogP contribution in [0.2, 0.25) is 0 Å². The van der Waals surface area contributed by atoms with E-state index in [9.17, 15) is 5.26 Å². The fourth-order valence-electron chi connectivity index (χ4n) is 2.12. The lowest BCUT2D eigenvalue weighted by molar-refractivity contribution is 0.269. The van der Waals surface area contributed by atoms with Crippen molar-refractivity contribution in [2.24, 2.45) is 5.92 Å². The van der Waals surface area contributed by atoms with Crippen LogP contribution in [0.15, 0.2) is 24.3 Å². The molecule has 1 fully saturated rings. The first kappa shape index (κ1) is 11.0. The molecule has 3 nitrogen and oxygen atoms in total. The summed E-state index contributed by atoms with van der Waals surface area (Å²) in [7, 11) is 0. The number of aliphatic hydroxyl groups is 1. The van der Waals surface area contributed by atoms with Crippen molar-refractivity contribution in [3.8, 4) is 11.8 Å². The van der Waals surface area contributed by atoms with Crippen LogP contribution in [0.1, 0.15) is 18.9 Å². The van der Waals surface area contributed by atoms with Gasteiger partial charge in [-0.05, 0) is 31.0 Å². The Kier molecular flexibility index (Phi) is 2.84. The maximum atomic E-state index is 9.19. The molecule has 0 aliphatic heterocycles. The first-order chi connectivity index (χ1) is 7.76. The Bertz CT molecular complexity index is 407. The predicted octanol–water partition coefficient (Wildman–Crippen LogP) is 1.86. The predicted molar refractivity (Wildman–Crippen MR) is 60.1 cm³/mol. The van der Waals surface area contributed by atoms with E-state index in [1.54, 1.807) is 0 Å². The van der Waals surface area contributed by atoms with E-state index in [4.69, 9.17) is 9.84 Å². The summed E-state index contributed by atoms with van der Waals surface area (Å²) in [5, 5.41) is 18.3. The number of benzene rings is 1. The van der Waals surface area contributed by atoms with Crippen molar-refractivity contribution in [3.63, 3.8) is 0 Å². The zero-order valence-corrected chi connectivity index (χ0v) is 9.31. The normalized spacial score (nSPS) is 27.2. The Morgan fingerprint density at radius 1 is 1.50 bits per heavy atom. The minimum atomic E-state index is -0.459. The summed E-state index contributed by atoms with van der Waals surface area (Å²) in [6.07, 6.45) is 0.758. The molecule has 1 N–H and O–H groups in total. The summed E-state index contributed by atoms with van der Waals surface area (Å²) in [4.78, 5) is 0. The first-order valence-corrected chi connectivity index (χ1v) is 5.52. The minimum Gasteiger partial charge on any atom is -0.494 e. The molecule has 2 unspecified atom stereocenters. The highest BCUT2D eigenvalue weighted by Gasteiger charge is 2.55. The van der Waals surface area contributed by atoms with Crippen LogP contribution in [0, 0.1) is 17.2 Å². The van der Waals surface area contributed by atoms with Crippen molar-refractivity contribution in [2.45, 2.75) is 18.8 Å². The van der Waals surface area contributed by atoms with Gasteiger partial charge in [0.25, 0.3) is 0 Å². The van der Waals surface area contributed by atoms with Gasteiger partial charge in [-0.2, -0.15) is 5.26 Å². The number of aliphatic hydroxyl groups excluding tert-OH is 1. The van der Waals surface area contributed by atoms with Crippen molar-refractivity contribution < 1.29 is 9.84 Å². The summed E-state index contributed by atoms with van der Waals surface area (Å²) < 4.78 is 5.35. The van der Waals surface area contributed by atoms with E-state index >= 15 is 0 Å². The van der Waals surface area contributed by atoms with Crippen LogP contribution in [-0.2, 0) is 5.41 Å². The molecule has 1 aliphatic rings. The van der Waals surface area contributed by atoms with Crippen molar-refractivity contribution in [3.05, 3.63) is 29.8 Å². The summed E-state index contributed by atoms with van der Waals surface area (Å²) in [5.74, 6) is 0.913. The maximum Gasteiger partial charge on any atom is 0.119 e. The standard InChI is InChI=1S/C13H15NO2/c1-2-16-12-5-3-10(4-6-12)13(9-14)7-11(13)8-15/h3-6,11,15H,2,7-8H2,1H3. The minimum absolute atomic E-state index is 0.0841. The van der Waals surface area contributed by atoms with Gasteiger partial charge in [0.05, 0.1) is 18.1 Å². The van der Waals surface area contributed by atoms with Crippen LogP contribution in [0.3, 0.4) is 0 Å². The fraction of sp³-hybridized carbons (Fsp3) is 0.462. The quantitative estimate of drug-likeness (QED) is 0.837. The lowest BCUT2D eigenvalue weighted by Crippen LogP contribution is -2.09. The highest BCUT2D eigenvalue weighted by molar-refractivity contribution is 5.43. The summed E-state index contributed by atoms with van der Waals surface area (Å²) in [6.45, 7) is 2.66. The first-order valence-electron chi connectivity index (χ1n) is 5.52. The zero-order chi connectivity index (χ0) is 11.6. The summed E-state index contributed by atoms with van der Waals surface area (Å²) in [6, 6.07) is 9.92. The molecular formula is C13H15NO2. The third-order valence-electron chi connectivity index (χ3n) is 3.21. The number of rotatable bonds is 4. The van der Waals surface area contributed by atoms with Crippen molar-refractivity contribution in [1.29, 1.82) is 5.26 Å². The van der Waals surface area contributed by atoms with E-state index in [0.29, 0.717) is 6.61 Å². The monoisotopic (exact) mass is 217 g/mol. The molecule has 0 saturated heterocycles. The van der Waals surface area contributed by atoms with Gasteiger partial charge in [-0.15, -0.1) is 0 Å². The number of nitriles is 1. The smallest absolute Gasteiger partial charge is 0.119 e. The van der Waals surface area contributed by atoms with E-state index in [2.05, 4.69) is 6.07 Å². The lowest BCUT2D eigenvalue weighted by atomic mass is 9.95.